The smallest absolute Gasteiger partial charge is 0.387 e. The molecule has 0 radical (unpaired) electrons. The lowest BCUT2D eigenvalue weighted by Gasteiger charge is -2.38. The summed E-state index contributed by atoms with van der Waals surface area (Å²) in [6, 6.07) is 9.29. The van der Waals surface area contributed by atoms with Crippen molar-refractivity contribution < 1.29 is 45.9 Å². The van der Waals surface area contributed by atoms with Crippen molar-refractivity contribution in [2.45, 2.75) is 38.2 Å². The number of aliphatic carboxylic acids is 1. The second-order valence-electron chi connectivity index (χ2n) is 10.7. The predicted molar refractivity (Wildman–Crippen MR) is 156 cm³/mol. The number of nitrogens with one attached hydrogen (secondary N) is 1. The number of anilines is 1. The molecule has 2 aromatic carbocycles. The highest BCUT2D eigenvalue weighted by Crippen LogP contribution is 2.50. The van der Waals surface area contributed by atoms with Gasteiger partial charge in [0, 0.05) is 47.5 Å². The number of carbonyl (C=O) groups excluding carboxylic acids is 1. The molecule has 238 valence electrons. The molecule has 0 spiro atoms. The lowest BCUT2D eigenvalue weighted by Crippen LogP contribution is -2.42. The normalized spacial score (nSPS) is 18.2. The Morgan fingerprint density at radius 3 is 2.31 bits per heavy atom. The maximum Gasteiger partial charge on any atom is 0.387 e. The zero-order chi connectivity index (χ0) is 33.4. The average Bonchev–Trinajstić information content (AvgIpc) is 3.28. The minimum atomic E-state index is -3.52. The van der Waals surface area contributed by atoms with Crippen molar-refractivity contribution in [1.82, 2.24) is 4.57 Å². The number of benzene rings is 2. The van der Waals surface area contributed by atoms with Crippen LogP contribution in [0.25, 0.3) is 5.69 Å². The molecule has 3 aromatic rings. The maximum atomic E-state index is 14.2. The van der Waals surface area contributed by atoms with Crippen molar-refractivity contribution in [2.24, 2.45) is 11.3 Å². The summed E-state index contributed by atoms with van der Waals surface area (Å²) in [5.74, 6) is -5.67. The van der Waals surface area contributed by atoms with Gasteiger partial charge in [-0.05, 0) is 55.3 Å². The number of hydrogen-bond acceptors (Lipinski definition) is 7. The number of carboxylic acid groups (broad SMARTS) is 1. The Morgan fingerprint density at radius 2 is 1.78 bits per heavy atom. The zero-order valence-electron chi connectivity index (χ0n) is 24.3. The minimum Gasteiger partial charge on any atom is -0.481 e. The Kier molecular flexibility index (Phi) is 8.96. The highest BCUT2D eigenvalue weighted by molar-refractivity contribution is 7.90. The molecule has 0 saturated heterocycles. The van der Waals surface area contributed by atoms with Crippen molar-refractivity contribution in [3.05, 3.63) is 105 Å². The number of ether oxygens (including phenoxy) is 1. The molecule has 45 heavy (non-hydrogen) atoms. The molecular formula is C30H28F3N3O8S. The summed E-state index contributed by atoms with van der Waals surface area (Å²) in [6.07, 6.45) is 4.40. The molecule has 4 rings (SSSR count). The molecule has 15 heteroatoms. The third-order valence-corrected chi connectivity index (χ3v) is 8.81. The van der Waals surface area contributed by atoms with Crippen LogP contribution in [0.1, 0.15) is 41.5 Å². The van der Waals surface area contributed by atoms with Gasteiger partial charge in [0.2, 0.25) is 0 Å². The van der Waals surface area contributed by atoms with Crippen LogP contribution in [-0.2, 0) is 14.6 Å². The summed E-state index contributed by atoms with van der Waals surface area (Å²) in [4.78, 5) is 37.6. The molecular weight excluding hydrogens is 619 g/mol. The lowest BCUT2D eigenvalue weighted by atomic mass is 9.64. The Bertz CT molecular complexity index is 1850. The number of halogens is 3. The molecule has 1 amide bonds. The highest BCUT2D eigenvalue weighted by atomic mass is 32.2. The van der Waals surface area contributed by atoms with E-state index >= 15 is 0 Å². The Labute approximate surface area is 255 Å². The van der Waals surface area contributed by atoms with Crippen LogP contribution in [0.5, 0.6) is 5.75 Å². The van der Waals surface area contributed by atoms with E-state index in [0.717, 1.165) is 30.5 Å². The number of amides is 1. The number of hydrogen-bond donors (Lipinski definition) is 2. The standard InChI is InChI=1S/C30H28F3N3O8S/c1-16(2)30(28(38)39)12-11-20(36(40)41)14-23(30)25-15-22(27(37)34-19-6-8-21(9-7-19)45(4,42)43)17(3)35(25)24-10-5-18(31)13-26(24)44-29(32)33/h5-16,23,29H,1-4H3,(H,34,37)(H,38,39). The molecule has 11 nitrogen and oxygen atoms in total. The van der Waals surface area contributed by atoms with E-state index in [1.807, 2.05) is 0 Å². The first kappa shape index (κ1) is 33.0. The van der Waals surface area contributed by atoms with Crippen LogP contribution >= 0.6 is 0 Å². The number of aromatic nitrogens is 1. The number of nitrogens with zero attached hydrogens (tertiary/aromatic N) is 2. The van der Waals surface area contributed by atoms with E-state index in [9.17, 15) is 46.4 Å². The SMILES string of the molecule is Cc1c(C(=O)Nc2ccc(S(C)(=O)=O)cc2)cc(C2C=C([N+](=O)[O-])C=CC2(C(=O)O)C(C)C)n1-c1ccc(F)cc1OC(F)F. The van der Waals surface area contributed by atoms with E-state index in [1.54, 1.807) is 13.8 Å². The first-order valence-electron chi connectivity index (χ1n) is 13.3. The molecule has 2 unspecified atom stereocenters. The summed E-state index contributed by atoms with van der Waals surface area (Å²) in [5.41, 5.74) is -2.26. The molecule has 0 fully saturated rings. The Morgan fingerprint density at radius 1 is 1.13 bits per heavy atom. The molecule has 2 N–H and O–H groups in total. The van der Waals surface area contributed by atoms with Gasteiger partial charge in [0.15, 0.2) is 15.6 Å². The number of carbonyl (C=O) groups is 2. The van der Waals surface area contributed by atoms with Crippen molar-refractivity contribution >= 4 is 27.4 Å². The van der Waals surface area contributed by atoms with E-state index in [-0.39, 0.29) is 33.2 Å². The molecule has 1 aliphatic carbocycles. The first-order valence-corrected chi connectivity index (χ1v) is 15.2. The van der Waals surface area contributed by atoms with Crippen LogP contribution < -0.4 is 10.1 Å². The maximum absolute atomic E-state index is 14.2. The molecule has 0 saturated carbocycles. The van der Waals surface area contributed by atoms with E-state index in [1.165, 1.54) is 47.9 Å². The van der Waals surface area contributed by atoms with E-state index in [4.69, 9.17) is 0 Å². The summed E-state index contributed by atoms with van der Waals surface area (Å²) in [5, 5.41) is 24.9. The molecule has 1 aromatic heterocycles. The van der Waals surface area contributed by atoms with E-state index in [2.05, 4.69) is 10.1 Å². The number of rotatable bonds is 10. The third-order valence-electron chi connectivity index (χ3n) is 7.68. The van der Waals surface area contributed by atoms with Gasteiger partial charge < -0.3 is 19.7 Å². The largest absolute Gasteiger partial charge is 0.481 e. The molecule has 1 aliphatic rings. The summed E-state index contributed by atoms with van der Waals surface area (Å²) in [7, 11) is -3.52. The summed E-state index contributed by atoms with van der Waals surface area (Å²) in [6.45, 7) is 1.23. The summed E-state index contributed by atoms with van der Waals surface area (Å²) < 4.78 is 70.5. The molecule has 0 aliphatic heterocycles. The molecule has 2 atom stereocenters. The fraction of sp³-hybridized carbons (Fsp3) is 0.267. The number of nitro groups is 1. The monoisotopic (exact) mass is 647 g/mol. The number of allylic oxidation sites excluding steroid dienone is 2. The third kappa shape index (κ3) is 6.34. The van der Waals surface area contributed by atoms with Crippen LogP contribution in [0, 0.1) is 34.2 Å². The zero-order valence-corrected chi connectivity index (χ0v) is 25.1. The minimum absolute atomic E-state index is 0.00502. The Hall–Kier alpha value is -4.92. The molecule has 0 bridgehead atoms. The van der Waals surface area contributed by atoms with Crippen LogP contribution in [0.15, 0.2) is 77.4 Å². The average molecular weight is 648 g/mol. The van der Waals surface area contributed by atoms with Gasteiger partial charge >= 0.3 is 12.6 Å². The van der Waals surface area contributed by atoms with Crippen molar-refractivity contribution in [3.63, 3.8) is 0 Å². The van der Waals surface area contributed by atoms with Gasteiger partial charge in [-0.25, -0.2) is 12.8 Å². The predicted octanol–water partition coefficient (Wildman–Crippen LogP) is 5.72. The molecule has 1 heterocycles. The van der Waals surface area contributed by atoms with Crippen LogP contribution in [0.2, 0.25) is 0 Å². The lowest BCUT2D eigenvalue weighted by molar-refractivity contribution is -0.419. The van der Waals surface area contributed by atoms with Crippen molar-refractivity contribution in [2.75, 3.05) is 11.6 Å². The van der Waals surface area contributed by atoms with Gasteiger partial charge in [-0.3, -0.25) is 19.7 Å². The number of alkyl halides is 2. The fourth-order valence-electron chi connectivity index (χ4n) is 5.40. The number of carboxylic acids is 1. The van der Waals surface area contributed by atoms with Crippen LogP contribution in [-0.4, -0.2) is 47.8 Å². The topological polar surface area (TPSA) is 158 Å². The second kappa shape index (κ2) is 12.2. The van der Waals surface area contributed by atoms with Crippen LogP contribution in [0.3, 0.4) is 0 Å². The van der Waals surface area contributed by atoms with Gasteiger partial charge in [0.1, 0.15) is 11.2 Å². The van der Waals surface area contributed by atoms with Gasteiger partial charge in [-0.2, -0.15) is 8.78 Å². The quantitative estimate of drug-likeness (QED) is 0.209. The summed E-state index contributed by atoms with van der Waals surface area (Å²) >= 11 is 0. The Balaban J connectivity index is 1.99. The second-order valence-corrected chi connectivity index (χ2v) is 12.7. The van der Waals surface area contributed by atoms with Gasteiger partial charge in [-0.15, -0.1) is 0 Å². The van der Waals surface area contributed by atoms with Gasteiger partial charge in [0.05, 0.1) is 21.1 Å². The fourth-order valence-corrected chi connectivity index (χ4v) is 6.03. The first-order chi connectivity index (χ1) is 21.0. The van der Waals surface area contributed by atoms with Crippen molar-refractivity contribution in [3.8, 4) is 11.4 Å². The van der Waals surface area contributed by atoms with Gasteiger partial charge in [-0.1, -0.05) is 19.9 Å². The van der Waals surface area contributed by atoms with E-state index in [0.29, 0.717) is 6.07 Å². The highest BCUT2D eigenvalue weighted by Gasteiger charge is 2.51. The van der Waals surface area contributed by atoms with E-state index < -0.39 is 67.8 Å². The van der Waals surface area contributed by atoms with Crippen LogP contribution in [0.4, 0.5) is 18.9 Å². The van der Waals surface area contributed by atoms with Crippen molar-refractivity contribution in [1.29, 1.82) is 0 Å². The number of sulfone groups is 1. The van der Waals surface area contributed by atoms with Gasteiger partial charge in [0.25, 0.3) is 11.6 Å².